The van der Waals surface area contributed by atoms with Crippen molar-refractivity contribution in [3.05, 3.63) is 72.3 Å². The van der Waals surface area contributed by atoms with Gasteiger partial charge in [-0.25, -0.2) is 4.79 Å². The Hall–Kier alpha value is -4.60. The van der Waals surface area contributed by atoms with E-state index in [1.807, 2.05) is 43.3 Å². The molecule has 2 atom stereocenters. The third-order valence-corrected chi connectivity index (χ3v) is 6.20. The Balaban J connectivity index is 1.99. The number of ether oxygens (including phenoxy) is 1. The van der Waals surface area contributed by atoms with E-state index in [1.165, 1.54) is 17.0 Å². The summed E-state index contributed by atoms with van der Waals surface area (Å²) >= 11 is 0. The zero-order chi connectivity index (χ0) is 30.2. The highest BCUT2D eigenvalue weighted by atomic mass is 16.6. The molecule has 0 heterocycles. The Kier molecular flexibility index (Phi) is 10.3. The molecule has 3 aromatic rings. The number of nitrogens with one attached hydrogen (secondary N) is 2. The first kappa shape index (κ1) is 30.9. The molecule has 2 unspecified atom stereocenters. The molecule has 0 spiro atoms. The monoisotopic (exact) mass is 562 g/mol. The van der Waals surface area contributed by atoms with Crippen LogP contribution in [0.15, 0.2) is 66.7 Å². The van der Waals surface area contributed by atoms with E-state index in [4.69, 9.17) is 10.5 Å². The molecule has 0 aliphatic carbocycles. The van der Waals surface area contributed by atoms with Crippen LogP contribution in [0.2, 0.25) is 0 Å². The topological polar surface area (TPSA) is 151 Å². The van der Waals surface area contributed by atoms with Crippen LogP contribution in [-0.2, 0) is 19.1 Å². The Bertz CT molecular complexity index is 1380. The molecule has 10 nitrogen and oxygen atoms in total. The Morgan fingerprint density at radius 1 is 0.976 bits per heavy atom. The van der Waals surface area contributed by atoms with Crippen molar-refractivity contribution in [2.45, 2.75) is 64.6 Å². The smallest absolute Gasteiger partial charge is 0.408 e. The molecule has 0 aromatic heterocycles. The van der Waals surface area contributed by atoms with Crippen molar-refractivity contribution in [1.29, 1.82) is 0 Å². The maximum atomic E-state index is 14.0. The van der Waals surface area contributed by atoms with Gasteiger partial charge in [0.25, 0.3) is 5.91 Å². The molecule has 10 heteroatoms. The molecule has 3 aromatic carbocycles. The number of benzene rings is 3. The van der Waals surface area contributed by atoms with Crippen LogP contribution in [0.25, 0.3) is 10.8 Å². The van der Waals surface area contributed by atoms with E-state index in [0.29, 0.717) is 17.7 Å². The fraction of sp³-hybridized carbons (Fsp3) is 0.355. The van der Waals surface area contributed by atoms with Gasteiger partial charge in [0.15, 0.2) is 0 Å². The Morgan fingerprint density at radius 2 is 1.63 bits per heavy atom. The average molecular weight is 563 g/mol. The molecule has 3 rings (SSSR count). The Morgan fingerprint density at radius 3 is 2.24 bits per heavy atom. The molecular formula is C31H38N4O6. The number of anilines is 1. The molecule has 218 valence electrons. The lowest BCUT2D eigenvalue weighted by Crippen LogP contribution is -2.52. The molecule has 0 aliphatic rings. The van der Waals surface area contributed by atoms with Crippen molar-refractivity contribution in [2.24, 2.45) is 5.73 Å². The quantitative estimate of drug-likeness (QED) is 0.268. The summed E-state index contributed by atoms with van der Waals surface area (Å²) in [4.78, 5) is 53.5. The maximum Gasteiger partial charge on any atom is 0.408 e. The van der Waals surface area contributed by atoms with Crippen LogP contribution >= 0.6 is 0 Å². The molecule has 0 radical (unpaired) electrons. The minimum atomic E-state index is -1.18. The third-order valence-electron chi connectivity index (χ3n) is 6.20. The van der Waals surface area contributed by atoms with Gasteiger partial charge in [0, 0.05) is 18.7 Å². The predicted octanol–water partition coefficient (Wildman–Crippen LogP) is 4.62. The van der Waals surface area contributed by atoms with Gasteiger partial charge in [0.1, 0.15) is 23.4 Å². The number of alkyl carbamates (subject to hydrolysis) is 1. The highest BCUT2D eigenvalue weighted by molar-refractivity contribution is 6.00. The van der Waals surface area contributed by atoms with Crippen LogP contribution in [0.5, 0.6) is 5.75 Å². The number of rotatable bonds is 11. The minimum Gasteiger partial charge on any atom is -0.508 e. The van der Waals surface area contributed by atoms with E-state index in [-0.39, 0.29) is 25.1 Å². The van der Waals surface area contributed by atoms with Gasteiger partial charge < -0.3 is 31.1 Å². The molecule has 0 aliphatic heterocycles. The van der Waals surface area contributed by atoms with Crippen molar-refractivity contribution in [2.75, 3.05) is 11.9 Å². The number of hydrogen-bond donors (Lipinski definition) is 4. The van der Waals surface area contributed by atoms with Gasteiger partial charge in [0.05, 0.1) is 0 Å². The Labute approximate surface area is 239 Å². The normalized spacial score (nSPS) is 12.7. The van der Waals surface area contributed by atoms with Gasteiger partial charge in [-0.1, -0.05) is 49.4 Å². The van der Waals surface area contributed by atoms with E-state index in [9.17, 15) is 24.3 Å². The van der Waals surface area contributed by atoms with E-state index in [2.05, 4.69) is 10.6 Å². The standard InChI is InChI=1S/C31H38N4O6/c1-5-18-35(29(39)25(16-17-26(32)37)34-30(40)41-31(2,3)4)27(21-11-14-24(36)15-12-21)28(38)33-23-13-10-20-8-6-7-9-22(20)19-23/h6-15,19,25,27,36H,5,16-18H2,1-4H3,(H2,32,37)(H,33,38)(H,34,40). The molecule has 5 N–H and O–H groups in total. The van der Waals surface area contributed by atoms with Gasteiger partial charge in [-0.3, -0.25) is 14.4 Å². The van der Waals surface area contributed by atoms with Crippen LogP contribution in [0.3, 0.4) is 0 Å². The summed E-state index contributed by atoms with van der Waals surface area (Å²) in [5.74, 6) is -1.70. The van der Waals surface area contributed by atoms with E-state index in [1.54, 1.807) is 39.0 Å². The number of phenolic OH excluding ortho intramolecular Hbond substituents is 1. The summed E-state index contributed by atoms with van der Waals surface area (Å²) in [7, 11) is 0. The lowest BCUT2D eigenvalue weighted by atomic mass is 10.0. The maximum absolute atomic E-state index is 14.0. The fourth-order valence-corrected chi connectivity index (χ4v) is 4.41. The lowest BCUT2D eigenvalue weighted by molar-refractivity contribution is -0.141. The number of carbonyl (C=O) groups is 4. The summed E-state index contributed by atoms with van der Waals surface area (Å²) < 4.78 is 5.34. The van der Waals surface area contributed by atoms with Crippen molar-refractivity contribution in [3.8, 4) is 5.75 Å². The molecule has 0 bridgehead atoms. The number of amides is 4. The fourth-order valence-electron chi connectivity index (χ4n) is 4.41. The van der Waals surface area contributed by atoms with Gasteiger partial charge >= 0.3 is 6.09 Å². The van der Waals surface area contributed by atoms with Gasteiger partial charge in [-0.2, -0.15) is 0 Å². The molecule has 0 fully saturated rings. The number of hydrogen-bond acceptors (Lipinski definition) is 6. The van der Waals surface area contributed by atoms with Crippen LogP contribution in [-0.4, -0.2) is 52.0 Å². The van der Waals surface area contributed by atoms with E-state index < -0.39 is 41.5 Å². The average Bonchev–Trinajstić information content (AvgIpc) is 2.90. The van der Waals surface area contributed by atoms with Gasteiger partial charge in [-0.15, -0.1) is 0 Å². The predicted molar refractivity (Wildman–Crippen MR) is 157 cm³/mol. The van der Waals surface area contributed by atoms with E-state index >= 15 is 0 Å². The first-order valence-electron chi connectivity index (χ1n) is 13.5. The molecular weight excluding hydrogens is 524 g/mol. The van der Waals surface area contributed by atoms with Crippen LogP contribution < -0.4 is 16.4 Å². The number of aromatic hydroxyl groups is 1. The number of phenols is 1. The first-order valence-corrected chi connectivity index (χ1v) is 13.5. The van der Waals surface area contributed by atoms with Crippen molar-refractivity contribution < 1.29 is 29.0 Å². The number of nitrogens with zero attached hydrogens (tertiary/aromatic N) is 1. The number of nitrogens with two attached hydrogens (primary N) is 1. The lowest BCUT2D eigenvalue weighted by Gasteiger charge is -2.34. The minimum absolute atomic E-state index is 0.00160. The molecule has 0 saturated heterocycles. The van der Waals surface area contributed by atoms with Crippen LogP contribution in [0, 0.1) is 0 Å². The molecule has 4 amide bonds. The number of carbonyl (C=O) groups excluding carboxylic acids is 4. The van der Waals surface area contributed by atoms with Crippen LogP contribution in [0.1, 0.15) is 58.6 Å². The van der Waals surface area contributed by atoms with E-state index in [0.717, 1.165) is 10.8 Å². The summed E-state index contributed by atoms with van der Waals surface area (Å²) in [5, 5.41) is 17.3. The first-order chi connectivity index (χ1) is 19.4. The second-order valence-electron chi connectivity index (χ2n) is 10.8. The third kappa shape index (κ3) is 8.96. The van der Waals surface area contributed by atoms with Crippen molar-refractivity contribution >= 4 is 40.3 Å². The van der Waals surface area contributed by atoms with Gasteiger partial charge in [0.2, 0.25) is 11.8 Å². The van der Waals surface area contributed by atoms with Gasteiger partial charge in [-0.05, 0) is 74.2 Å². The van der Waals surface area contributed by atoms with Crippen molar-refractivity contribution in [3.63, 3.8) is 0 Å². The summed E-state index contributed by atoms with van der Waals surface area (Å²) in [6, 6.07) is 16.9. The molecule has 41 heavy (non-hydrogen) atoms. The highest BCUT2D eigenvalue weighted by Gasteiger charge is 2.36. The summed E-state index contributed by atoms with van der Waals surface area (Å²) in [5.41, 5.74) is 5.52. The second-order valence-corrected chi connectivity index (χ2v) is 10.8. The van der Waals surface area contributed by atoms with Crippen LogP contribution in [0.4, 0.5) is 10.5 Å². The largest absolute Gasteiger partial charge is 0.508 e. The second kappa shape index (κ2) is 13.6. The number of primary amides is 1. The zero-order valence-electron chi connectivity index (χ0n) is 23.8. The zero-order valence-corrected chi connectivity index (χ0v) is 23.8. The number of fused-ring (bicyclic) bond motifs is 1. The summed E-state index contributed by atoms with van der Waals surface area (Å²) in [6.07, 6.45) is -0.585. The summed E-state index contributed by atoms with van der Waals surface area (Å²) in [6.45, 7) is 7.09. The molecule has 0 saturated carbocycles. The SMILES string of the molecule is CCCN(C(=O)C(CCC(N)=O)NC(=O)OC(C)(C)C)C(C(=O)Nc1ccc2ccccc2c1)c1ccc(O)cc1. The van der Waals surface area contributed by atoms with Crippen molar-refractivity contribution in [1.82, 2.24) is 10.2 Å². The highest BCUT2D eigenvalue weighted by Crippen LogP contribution is 2.28.